The molecule has 13 heteroatoms. The third kappa shape index (κ3) is 6.08. The van der Waals surface area contributed by atoms with E-state index in [-0.39, 0.29) is 55.1 Å². The maximum absolute atomic E-state index is 14.1. The number of carbonyl (C=O) groups excluding carboxylic acids is 1. The topological polar surface area (TPSA) is 69.7 Å². The molecule has 198 valence electrons. The molecule has 0 aromatic heterocycles. The van der Waals surface area contributed by atoms with Crippen molar-refractivity contribution in [3.05, 3.63) is 34.3 Å². The monoisotopic (exact) mass is 545 g/mol. The van der Waals surface area contributed by atoms with Crippen molar-refractivity contribution >= 4 is 27.5 Å². The van der Waals surface area contributed by atoms with Crippen LogP contribution in [0.15, 0.2) is 18.2 Å². The molecular weight excluding hydrogens is 517 g/mol. The summed E-state index contributed by atoms with van der Waals surface area (Å²) in [6.45, 7) is 4.27. The van der Waals surface area contributed by atoms with Crippen LogP contribution in [0.3, 0.4) is 0 Å². The summed E-state index contributed by atoms with van der Waals surface area (Å²) in [6, 6.07) is 1.77. The molecule has 3 rings (SSSR count). The zero-order valence-corrected chi connectivity index (χ0v) is 21.0. The van der Waals surface area contributed by atoms with E-state index in [1.807, 2.05) is 4.90 Å². The van der Waals surface area contributed by atoms with Gasteiger partial charge in [0.1, 0.15) is 0 Å². The van der Waals surface area contributed by atoms with Gasteiger partial charge in [-0.3, -0.25) is 9.69 Å². The van der Waals surface area contributed by atoms with E-state index in [0.29, 0.717) is 19.2 Å². The number of carbonyl (C=O) groups is 1. The van der Waals surface area contributed by atoms with Crippen molar-refractivity contribution in [3.63, 3.8) is 0 Å². The molecule has 0 radical (unpaired) electrons. The Morgan fingerprint density at radius 1 is 1.11 bits per heavy atom. The standard InChI is InChI=1S/C22H29ClF5N3O3S/c1-3-35(33,34)31-12-10-30(11-13-31)20(6-8-21(24,25)9-7-20)15(2)29-19(32)17-5-4-16(14-18(17)23)22(26,27)28/h4-5,14-15H,3,6-13H2,1-2H3,(H,29,32). The van der Waals surface area contributed by atoms with Crippen molar-refractivity contribution in [1.29, 1.82) is 0 Å². The van der Waals surface area contributed by atoms with Crippen molar-refractivity contribution in [2.75, 3.05) is 31.9 Å². The highest BCUT2D eigenvalue weighted by Gasteiger charge is 2.50. The van der Waals surface area contributed by atoms with Crippen LogP contribution in [-0.2, 0) is 16.2 Å². The van der Waals surface area contributed by atoms with Crippen LogP contribution < -0.4 is 5.32 Å². The van der Waals surface area contributed by atoms with Crippen LogP contribution in [0.4, 0.5) is 22.0 Å². The summed E-state index contributed by atoms with van der Waals surface area (Å²) in [5.41, 5.74) is -2.00. The predicted molar refractivity (Wildman–Crippen MR) is 122 cm³/mol. The predicted octanol–water partition coefficient (Wildman–Crippen LogP) is 4.39. The minimum atomic E-state index is -4.61. The molecular formula is C22H29ClF5N3O3S. The molecule has 1 saturated carbocycles. The summed E-state index contributed by atoms with van der Waals surface area (Å²) in [6.07, 6.45) is -5.24. The van der Waals surface area contributed by atoms with Gasteiger partial charge in [0, 0.05) is 50.6 Å². The van der Waals surface area contributed by atoms with E-state index in [4.69, 9.17) is 11.6 Å². The Morgan fingerprint density at radius 3 is 2.17 bits per heavy atom. The van der Waals surface area contributed by atoms with Crippen LogP contribution in [0.5, 0.6) is 0 Å². The Kier molecular flexibility index (Phi) is 8.10. The van der Waals surface area contributed by atoms with E-state index >= 15 is 0 Å². The van der Waals surface area contributed by atoms with Crippen molar-refractivity contribution in [2.24, 2.45) is 0 Å². The van der Waals surface area contributed by atoms with Gasteiger partial charge in [-0.05, 0) is 44.9 Å². The van der Waals surface area contributed by atoms with Crippen molar-refractivity contribution < 1.29 is 35.2 Å². The molecule has 1 amide bonds. The van der Waals surface area contributed by atoms with Gasteiger partial charge in [0.25, 0.3) is 5.91 Å². The number of nitrogens with zero attached hydrogens (tertiary/aromatic N) is 2. The van der Waals surface area contributed by atoms with Crippen LogP contribution in [-0.4, -0.2) is 73.0 Å². The van der Waals surface area contributed by atoms with E-state index < -0.39 is 45.2 Å². The Bertz CT molecular complexity index is 1030. The number of rotatable bonds is 6. The van der Waals surface area contributed by atoms with Crippen molar-refractivity contribution in [1.82, 2.24) is 14.5 Å². The maximum Gasteiger partial charge on any atom is 0.416 e. The summed E-state index contributed by atoms with van der Waals surface area (Å²) in [5, 5.41) is 2.39. The van der Waals surface area contributed by atoms with Gasteiger partial charge in [0.2, 0.25) is 15.9 Å². The van der Waals surface area contributed by atoms with E-state index in [2.05, 4.69) is 5.32 Å². The number of hydrogen-bond donors (Lipinski definition) is 1. The van der Waals surface area contributed by atoms with Crippen LogP contribution in [0, 0.1) is 0 Å². The SMILES string of the molecule is CCS(=O)(=O)N1CCN(C2(C(C)NC(=O)c3ccc(C(F)(F)F)cc3Cl)CCC(F)(F)CC2)CC1. The summed E-state index contributed by atoms with van der Waals surface area (Å²) < 4.78 is 92.7. The Morgan fingerprint density at radius 2 is 1.69 bits per heavy atom. The van der Waals surface area contributed by atoms with Crippen LogP contribution in [0.25, 0.3) is 0 Å². The number of hydrogen-bond acceptors (Lipinski definition) is 4. The normalized spacial score (nSPS) is 22.5. The Labute approximate surface area is 206 Å². The second-order valence-electron chi connectivity index (χ2n) is 9.13. The highest BCUT2D eigenvalue weighted by Crippen LogP contribution is 2.44. The Hall–Kier alpha value is -1.50. The number of halogens is 6. The molecule has 2 aliphatic rings. The molecule has 1 aliphatic heterocycles. The van der Waals surface area contributed by atoms with E-state index in [1.54, 1.807) is 13.8 Å². The van der Waals surface area contributed by atoms with Gasteiger partial charge in [-0.25, -0.2) is 17.2 Å². The van der Waals surface area contributed by atoms with E-state index in [1.165, 1.54) is 4.31 Å². The molecule has 0 spiro atoms. The summed E-state index contributed by atoms with van der Waals surface area (Å²) in [4.78, 5) is 14.9. The smallest absolute Gasteiger partial charge is 0.348 e. The zero-order valence-electron chi connectivity index (χ0n) is 19.5. The zero-order chi connectivity index (χ0) is 26.2. The first kappa shape index (κ1) is 28.1. The highest BCUT2D eigenvalue weighted by atomic mass is 35.5. The molecule has 2 fully saturated rings. The fraction of sp³-hybridized carbons (Fsp3) is 0.682. The first-order valence-corrected chi connectivity index (χ1v) is 13.4. The number of benzene rings is 1. The van der Waals surface area contributed by atoms with Crippen molar-refractivity contribution in [2.45, 2.75) is 63.2 Å². The molecule has 1 aromatic rings. The molecule has 6 nitrogen and oxygen atoms in total. The Balaban J connectivity index is 1.81. The molecule has 1 atom stereocenters. The summed E-state index contributed by atoms with van der Waals surface area (Å²) in [5.74, 6) is -3.58. The lowest BCUT2D eigenvalue weighted by Crippen LogP contribution is -2.67. The molecule has 1 heterocycles. The summed E-state index contributed by atoms with van der Waals surface area (Å²) >= 11 is 5.96. The molecule has 1 aromatic carbocycles. The van der Waals surface area contributed by atoms with Crippen LogP contribution in [0.2, 0.25) is 5.02 Å². The molecule has 1 aliphatic carbocycles. The lowest BCUT2D eigenvalue weighted by atomic mass is 9.73. The minimum Gasteiger partial charge on any atom is -0.348 e. The van der Waals surface area contributed by atoms with E-state index in [9.17, 15) is 35.2 Å². The average molecular weight is 546 g/mol. The average Bonchev–Trinajstić information content (AvgIpc) is 2.78. The number of sulfonamides is 1. The van der Waals surface area contributed by atoms with Gasteiger partial charge in [-0.1, -0.05) is 11.6 Å². The first-order valence-electron chi connectivity index (χ1n) is 11.4. The van der Waals surface area contributed by atoms with Gasteiger partial charge in [-0.15, -0.1) is 0 Å². The van der Waals surface area contributed by atoms with Crippen molar-refractivity contribution in [3.8, 4) is 0 Å². The third-order valence-corrected chi connectivity index (χ3v) is 9.36. The highest BCUT2D eigenvalue weighted by molar-refractivity contribution is 7.89. The third-order valence-electron chi connectivity index (χ3n) is 7.17. The summed E-state index contributed by atoms with van der Waals surface area (Å²) in [7, 11) is -3.39. The molecule has 0 bridgehead atoms. The van der Waals surface area contributed by atoms with Gasteiger partial charge in [0.05, 0.1) is 21.9 Å². The van der Waals surface area contributed by atoms with Gasteiger partial charge >= 0.3 is 6.18 Å². The lowest BCUT2D eigenvalue weighted by Gasteiger charge is -2.53. The van der Waals surface area contributed by atoms with Crippen LogP contribution >= 0.6 is 11.6 Å². The molecule has 1 saturated heterocycles. The van der Waals surface area contributed by atoms with E-state index in [0.717, 1.165) is 12.1 Å². The molecule has 35 heavy (non-hydrogen) atoms. The lowest BCUT2D eigenvalue weighted by molar-refractivity contribution is -0.137. The second kappa shape index (κ2) is 10.1. The van der Waals surface area contributed by atoms with Gasteiger partial charge in [-0.2, -0.15) is 17.5 Å². The van der Waals surface area contributed by atoms with Gasteiger partial charge in [0.15, 0.2) is 0 Å². The number of nitrogens with one attached hydrogen (secondary N) is 1. The minimum absolute atomic E-state index is 0.0370. The fourth-order valence-corrected chi connectivity index (χ4v) is 6.30. The molecule has 1 unspecified atom stereocenters. The second-order valence-corrected chi connectivity index (χ2v) is 11.8. The quantitative estimate of drug-likeness (QED) is 0.538. The van der Waals surface area contributed by atoms with Crippen LogP contribution in [0.1, 0.15) is 55.5 Å². The maximum atomic E-state index is 14.1. The number of piperazine rings is 1. The fourth-order valence-electron chi connectivity index (χ4n) is 4.95. The van der Waals surface area contributed by atoms with Gasteiger partial charge < -0.3 is 5.32 Å². The number of amides is 1. The number of alkyl halides is 5. The molecule has 1 N–H and O–H groups in total. The largest absolute Gasteiger partial charge is 0.416 e. The first-order chi connectivity index (χ1) is 16.1.